The summed E-state index contributed by atoms with van der Waals surface area (Å²) in [6.07, 6.45) is 4.93. The molecule has 0 spiro atoms. The molecule has 0 aliphatic rings. The number of benzene rings is 1. The second-order valence-electron chi connectivity index (χ2n) is 5.41. The van der Waals surface area contributed by atoms with Crippen molar-refractivity contribution in [3.8, 4) is 5.75 Å². The van der Waals surface area contributed by atoms with Crippen LogP contribution >= 0.6 is 0 Å². The van der Waals surface area contributed by atoms with Gasteiger partial charge in [0.15, 0.2) is 0 Å². The Morgan fingerprint density at radius 3 is 2.45 bits per heavy atom. The Balaban J connectivity index is 2.96. The van der Waals surface area contributed by atoms with Gasteiger partial charge in [0.05, 0.1) is 12.3 Å². The van der Waals surface area contributed by atoms with Crippen LogP contribution in [0.25, 0.3) is 0 Å². The summed E-state index contributed by atoms with van der Waals surface area (Å²) in [5.41, 5.74) is 2.33. The van der Waals surface area contributed by atoms with Crippen molar-refractivity contribution < 1.29 is 4.74 Å². The topological polar surface area (TPSA) is 24.5 Å². The van der Waals surface area contributed by atoms with Crippen LogP contribution in [0.4, 0.5) is 5.69 Å². The van der Waals surface area contributed by atoms with E-state index in [-0.39, 0.29) is 0 Å². The number of rotatable bonds is 11. The molecule has 1 atom stereocenters. The Morgan fingerprint density at radius 1 is 1.23 bits per heavy atom. The van der Waals surface area contributed by atoms with Crippen LogP contribution in [0.15, 0.2) is 43.5 Å². The zero-order chi connectivity index (χ0) is 16.4. The van der Waals surface area contributed by atoms with Gasteiger partial charge >= 0.3 is 0 Å². The van der Waals surface area contributed by atoms with E-state index in [1.54, 1.807) is 0 Å². The monoisotopic (exact) mass is 302 g/mol. The van der Waals surface area contributed by atoms with E-state index < -0.39 is 0 Å². The normalized spacial score (nSPS) is 11.8. The molecule has 0 aromatic heterocycles. The SMILES string of the molecule is C=CCN(CC=C)c1ccc(CNC(C)CC)cc1OCC. The molecule has 0 radical (unpaired) electrons. The van der Waals surface area contributed by atoms with Gasteiger partial charge in [-0.15, -0.1) is 13.2 Å². The quantitative estimate of drug-likeness (QED) is 0.621. The third-order valence-corrected chi connectivity index (χ3v) is 3.63. The lowest BCUT2D eigenvalue weighted by molar-refractivity contribution is 0.340. The molecule has 0 amide bonds. The van der Waals surface area contributed by atoms with Gasteiger partial charge in [-0.05, 0) is 38.0 Å². The summed E-state index contributed by atoms with van der Waals surface area (Å²) in [5.74, 6) is 0.926. The standard InChI is InChI=1S/C19H30N2O/c1-6-12-21(13-7-2)18-11-10-17(14-19(18)22-9-4)15-20-16(5)8-3/h6-7,10-11,14,16,20H,1-2,8-9,12-13,15H2,3-5H3. The van der Waals surface area contributed by atoms with Crippen LogP contribution in [0.2, 0.25) is 0 Å². The van der Waals surface area contributed by atoms with Gasteiger partial charge in [0.25, 0.3) is 0 Å². The Labute approximate surface area is 135 Å². The molecular formula is C19H30N2O. The maximum absolute atomic E-state index is 5.85. The molecular weight excluding hydrogens is 272 g/mol. The highest BCUT2D eigenvalue weighted by Gasteiger charge is 2.11. The molecule has 0 fully saturated rings. The minimum atomic E-state index is 0.522. The zero-order valence-electron chi connectivity index (χ0n) is 14.3. The average Bonchev–Trinajstić information content (AvgIpc) is 2.53. The number of nitrogens with one attached hydrogen (secondary N) is 1. The van der Waals surface area contributed by atoms with Crippen LogP contribution in [0.5, 0.6) is 5.75 Å². The van der Waals surface area contributed by atoms with E-state index in [0.29, 0.717) is 12.6 Å². The molecule has 0 aliphatic carbocycles. The maximum Gasteiger partial charge on any atom is 0.142 e. The zero-order valence-corrected chi connectivity index (χ0v) is 14.3. The Kier molecular flexibility index (Phi) is 8.38. The molecule has 22 heavy (non-hydrogen) atoms. The predicted molar refractivity (Wildman–Crippen MR) is 96.8 cm³/mol. The third kappa shape index (κ3) is 5.57. The highest BCUT2D eigenvalue weighted by molar-refractivity contribution is 5.60. The predicted octanol–water partition coefficient (Wildman–Crippen LogP) is 4.15. The highest BCUT2D eigenvalue weighted by atomic mass is 16.5. The van der Waals surface area contributed by atoms with E-state index >= 15 is 0 Å². The lowest BCUT2D eigenvalue weighted by Crippen LogP contribution is -2.25. The first kappa shape index (κ1) is 18.3. The van der Waals surface area contributed by atoms with Crippen molar-refractivity contribution in [2.24, 2.45) is 0 Å². The number of hydrogen-bond acceptors (Lipinski definition) is 3. The lowest BCUT2D eigenvalue weighted by Gasteiger charge is -2.25. The summed E-state index contributed by atoms with van der Waals surface area (Å²) in [7, 11) is 0. The summed E-state index contributed by atoms with van der Waals surface area (Å²) in [6.45, 7) is 17.1. The highest BCUT2D eigenvalue weighted by Crippen LogP contribution is 2.30. The second-order valence-corrected chi connectivity index (χ2v) is 5.41. The molecule has 3 nitrogen and oxygen atoms in total. The lowest BCUT2D eigenvalue weighted by atomic mass is 10.1. The van der Waals surface area contributed by atoms with Gasteiger partial charge in [-0.25, -0.2) is 0 Å². The van der Waals surface area contributed by atoms with Crippen molar-refractivity contribution >= 4 is 5.69 Å². The van der Waals surface area contributed by atoms with E-state index in [1.165, 1.54) is 5.56 Å². The van der Waals surface area contributed by atoms with Gasteiger partial charge in [0.2, 0.25) is 0 Å². The van der Waals surface area contributed by atoms with Crippen LogP contribution in [0.1, 0.15) is 32.8 Å². The molecule has 0 bridgehead atoms. The van der Waals surface area contributed by atoms with Crippen molar-refractivity contribution in [1.82, 2.24) is 5.32 Å². The minimum absolute atomic E-state index is 0.522. The van der Waals surface area contributed by atoms with E-state index in [9.17, 15) is 0 Å². The van der Waals surface area contributed by atoms with Crippen molar-refractivity contribution in [2.45, 2.75) is 39.8 Å². The van der Waals surface area contributed by atoms with Crippen LogP contribution in [-0.4, -0.2) is 25.7 Å². The summed E-state index contributed by atoms with van der Waals surface area (Å²) >= 11 is 0. The first-order valence-electron chi connectivity index (χ1n) is 8.12. The van der Waals surface area contributed by atoms with Crippen molar-refractivity contribution in [1.29, 1.82) is 0 Å². The molecule has 0 saturated carbocycles. The molecule has 1 aromatic carbocycles. The van der Waals surface area contributed by atoms with Crippen LogP contribution in [-0.2, 0) is 6.54 Å². The van der Waals surface area contributed by atoms with Gasteiger partial charge in [-0.3, -0.25) is 0 Å². The number of ether oxygens (including phenoxy) is 1. The Bertz CT molecular complexity index is 461. The maximum atomic E-state index is 5.85. The number of hydrogen-bond donors (Lipinski definition) is 1. The smallest absolute Gasteiger partial charge is 0.142 e. The van der Waals surface area contributed by atoms with Crippen LogP contribution in [0, 0.1) is 0 Å². The summed E-state index contributed by atoms with van der Waals surface area (Å²) in [6, 6.07) is 6.94. The third-order valence-electron chi connectivity index (χ3n) is 3.63. The van der Waals surface area contributed by atoms with Crippen LogP contribution in [0.3, 0.4) is 0 Å². The number of anilines is 1. The first-order chi connectivity index (χ1) is 10.7. The minimum Gasteiger partial charge on any atom is -0.492 e. The van der Waals surface area contributed by atoms with Gasteiger partial charge < -0.3 is 15.0 Å². The summed E-state index contributed by atoms with van der Waals surface area (Å²) in [4.78, 5) is 2.21. The average molecular weight is 302 g/mol. The Hall–Kier alpha value is -1.74. The molecule has 0 aliphatic heterocycles. The van der Waals surface area contributed by atoms with Gasteiger partial charge in [0.1, 0.15) is 5.75 Å². The van der Waals surface area contributed by atoms with Gasteiger partial charge in [0, 0.05) is 25.7 Å². The fraction of sp³-hybridized carbons (Fsp3) is 0.474. The number of nitrogens with zero attached hydrogens (tertiary/aromatic N) is 1. The van der Waals surface area contributed by atoms with E-state index in [0.717, 1.165) is 37.5 Å². The summed E-state index contributed by atoms with van der Waals surface area (Å²) in [5, 5.41) is 3.52. The van der Waals surface area contributed by atoms with Crippen molar-refractivity contribution in [3.05, 3.63) is 49.1 Å². The molecule has 3 heteroatoms. The summed E-state index contributed by atoms with van der Waals surface area (Å²) < 4.78 is 5.85. The van der Waals surface area contributed by atoms with Gasteiger partial charge in [-0.1, -0.05) is 25.1 Å². The van der Waals surface area contributed by atoms with E-state index in [2.05, 4.69) is 55.4 Å². The molecule has 0 heterocycles. The first-order valence-corrected chi connectivity index (χ1v) is 8.12. The van der Waals surface area contributed by atoms with E-state index in [4.69, 9.17) is 4.74 Å². The molecule has 0 saturated heterocycles. The van der Waals surface area contributed by atoms with Crippen molar-refractivity contribution in [3.63, 3.8) is 0 Å². The Morgan fingerprint density at radius 2 is 1.91 bits per heavy atom. The molecule has 1 unspecified atom stereocenters. The molecule has 1 rings (SSSR count). The molecule has 1 aromatic rings. The van der Waals surface area contributed by atoms with E-state index in [1.807, 2.05) is 19.1 Å². The second kappa shape index (κ2) is 10.1. The molecule has 1 N–H and O–H groups in total. The molecule has 122 valence electrons. The largest absolute Gasteiger partial charge is 0.492 e. The van der Waals surface area contributed by atoms with Crippen LogP contribution < -0.4 is 15.0 Å². The van der Waals surface area contributed by atoms with Gasteiger partial charge in [-0.2, -0.15) is 0 Å². The fourth-order valence-corrected chi connectivity index (χ4v) is 2.22. The fourth-order valence-electron chi connectivity index (χ4n) is 2.22. The van der Waals surface area contributed by atoms with Crippen molar-refractivity contribution in [2.75, 3.05) is 24.6 Å².